The van der Waals surface area contributed by atoms with Gasteiger partial charge in [0.05, 0.1) is 12.0 Å². The number of carbonyl (C=O) groups is 1. The van der Waals surface area contributed by atoms with Crippen molar-refractivity contribution in [2.45, 2.75) is 24.2 Å². The third-order valence-corrected chi connectivity index (χ3v) is 5.98. The summed E-state index contributed by atoms with van der Waals surface area (Å²) in [6.07, 6.45) is 6.49. The normalized spacial score (nSPS) is 15.2. The van der Waals surface area contributed by atoms with Crippen molar-refractivity contribution >= 4 is 27.7 Å². The Balaban J connectivity index is 1.59. The Kier molecular flexibility index (Phi) is 6.90. The number of hydrogen-bond donors (Lipinski definition) is 2. The highest BCUT2D eigenvalue weighted by molar-refractivity contribution is 7.92. The van der Waals surface area contributed by atoms with Gasteiger partial charge in [-0.15, -0.1) is 0 Å². The number of benzene rings is 2. The maximum Gasteiger partial charge on any atom is 0.261 e. The summed E-state index contributed by atoms with van der Waals surface area (Å²) in [4.78, 5) is 12.1. The van der Waals surface area contributed by atoms with E-state index in [1.54, 1.807) is 49.6 Å². The number of rotatable bonds is 7. The van der Waals surface area contributed by atoms with Crippen LogP contribution in [0.4, 0.5) is 5.69 Å². The van der Waals surface area contributed by atoms with Crippen molar-refractivity contribution in [1.29, 1.82) is 0 Å². The third-order valence-electron chi connectivity index (χ3n) is 4.58. The summed E-state index contributed by atoms with van der Waals surface area (Å²) in [6.45, 7) is 1.74. The Labute approximate surface area is 171 Å². The minimum Gasteiger partial charge on any atom is -0.497 e. The highest BCUT2D eigenvalue weighted by Gasteiger charge is 2.14. The predicted molar refractivity (Wildman–Crippen MR) is 113 cm³/mol. The molecule has 1 aliphatic heterocycles. The van der Waals surface area contributed by atoms with Crippen LogP contribution in [0.3, 0.4) is 0 Å². The van der Waals surface area contributed by atoms with E-state index in [2.05, 4.69) is 10.1 Å². The zero-order chi connectivity index (χ0) is 20.7. The lowest BCUT2D eigenvalue weighted by atomic mass is 10.2. The molecule has 1 amide bonds. The molecule has 0 saturated carbocycles. The molecule has 0 aliphatic carbocycles. The predicted octanol–water partition coefficient (Wildman–Crippen LogP) is 3.03. The number of nitrogens with zero attached hydrogens (tertiary/aromatic N) is 1. The average Bonchev–Trinajstić information content (AvgIpc) is 2.73. The van der Waals surface area contributed by atoms with Crippen LogP contribution in [0.1, 0.15) is 24.8 Å². The van der Waals surface area contributed by atoms with Gasteiger partial charge in [0.1, 0.15) is 5.75 Å². The van der Waals surface area contributed by atoms with E-state index in [-0.39, 0.29) is 10.8 Å². The quantitative estimate of drug-likeness (QED) is 0.679. The summed E-state index contributed by atoms with van der Waals surface area (Å²) in [5.74, 6) is 0.457. The van der Waals surface area contributed by atoms with Crippen molar-refractivity contribution in [2.24, 2.45) is 0 Å². The Bertz CT molecular complexity index is 948. The molecule has 29 heavy (non-hydrogen) atoms. The number of amides is 1. The lowest BCUT2D eigenvalue weighted by Crippen LogP contribution is -2.44. The molecular formula is C21H25N3O4S. The number of carbonyl (C=O) groups excluding carboxylic acids is 1. The highest BCUT2D eigenvalue weighted by atomic mass is 32.2. The molecule has 1 heterocycles. The smallest absolute Gasteiger partial charge is 0.261 e. The van der Waals surface area contributed by atoms with Crippen LogP contribution in [0.5, 0.6) is 5.75 Å². The van der Waals surface area contributed by atoms with Crippen molar-refractivity contribution in [3.05, 3.63) is 60.2 Å². The zero-order valence-corrected chi connectivity index (χ0v) is 17.1. The molecule has 0 atom stereocenters. The number of ether oxygens (including phenoxy) is 1. The Morgan fingerprint density at radius 3 is 2.28 bits per heavy atom. The molecule has 3 rings (SSSR count). The Morgan fingerprint density at radius 2 is 1.66 bits per heavy atom. The summed E-state index contributed by atoms with van der Waals surface area (Å²) in [5, 5.41) is 1.93. The zero-order valence-electron chi connectivity index (χ0n) is 16.3. The van der Waals surface area contributed by atoms with Crippen LogP contribution in [-0.2, 0) is 14.8 Å². The lowest BCUT2D eigenvalue weighted by Gasteiger charge is -2.26. The van der Waals surface area contributed by atoms with Gasteiger partial charge in [0.15, 0.2) is 0 Å². The number of methoxy groups -OCH3 is 1. The molecule has 1 fully saturated rings. The third kappa shape index (κ3) is 6.07. The van der Waals surface area contributed by atoms with Crippen LogP contribution in [0.15, 0.2) is 59.5 Å². The van der Waals surface area contributed by atoms with Crippen molar-refractivity contribution in [1.82, 2.24) is 10.4 Å². The maximum absolute atomic E-state index is 12.5. The van der Waals surface area contributed by atoms with Crippen LogP contribution in [0, 0.1) is 0 Å². The van der Waals surface area contributed by atoms with Crippen LogP contribution in [0.25, 0.3) is 6.08 Å². The van der Waals surface area contributed by atoms with Gasteiger partial charge in [-0.1, -0.05) is 18.6 Å². The molecule has 1 aliphatic rings. The molecule has 0 bridgehead atoms. The van der Waals surface area contributed by atoms with Gasteiger partial charge in [0.2, 0.25) is 0 Å². The van der Waals surface area contributed by atoms with Crippen molar-refractivity contribution in [3.8, 4) is 5.75 Å². The molecule has 1 saturated heterocycles. The van der Waals surface area contributed by atoms with Gasteiger partial charge in [-0.2, -0.15) is 0 Å². The molecule has 0 aromatic heterocycles. The monoisotopic (exact) mass is 415 g/mol. The largest absolute Gasteiger partial charge is 0.497 e. The van der Waals surface area contributed by atoms with Crippen molar-refractivity contribution < 1.29 is 17.9 Å². The number of sulfonamides is 1. The number of anilines is 1. The SMILES string of the molecule is COc1ccc(NS(=O)(=O)c2ccc(/C=C/C(=O)NN3CCCCC3)cc2)cc1. The van der Waals surface area contributed by atoms with E-state index >= 15 is 0 Å². The molecule has 2 aromatic rings. The molecule has 8 heteroatoms. The summed E-state index contributed by atoms with van der Waals surface area (Å²) in [7, 11) is -2.15. The fourth-order valence-electron chi connectivity index (χ4n) is 3.00. The van der Waals surface area contributed by atoms with Gasteiger partial charge in [0, 0.05) is 24.9 Å². The first-order valence-electron chi connectivity index (χ1n) is 9.47. The number of piperidine rings is 1. The first kappa shape index (κ1) is 20.9. The van der Waals surface area contributed by atoms with Gasteiger partial charge >= 0.3 is 0 Å². The lowest BCUT2D eigenvalue weighted by molar-refractivity contribution is -0.121. The van der Waals surface area contributed by atoms with Gasteiger partial charge < -0.3 is 4.74 Å². The molecule has 0 unspecified atom stereocenters. The highest BCUT2D eigenvalue weighted by Crippen LogP contribution is 2.20. The summed E-state index contributed by atoms with van der Waals surface area (Å²) < 4.78 is 32.6. The minimum atomic E-state index is -3.70. The standard InChI is InChI=1S/C21H25N3O4S/c1-28-19-10-8-18(9-11-19)23-29(26,27)20-12-5-17(6-13-20)7-14-21(25)22-24-15-3-2-4-16-24/h5-14,23H,2-4,15-16H2,1H3,(H,22,25)/b14-7+. The van der Waals surface area contributed by atoms with E-state index in [4.69, 9.17) is 4.74 Å². The van der Waals surface area contributed by atoms with Gasteiger partial charge in [0.25, 0.3) is 15.9 Å². The molecule has 154 valence electrons. The summed E-state index contributed by atoms with van der Waals surface area (Å²) in [5.41, 5.74) is 4.04. The van der Waals surface area contributed by atoms with Crippen LogP contribution in [0.2, 0.25) is 0 Å². The van der Waals surface area contributed by atoms with Crippen molar-refractivity contribution in [3.63, 3.8) is 0 Å². The van der Waals surface area contributed by atoms with E-state index in [9.17, 15) is 13.2 Å². The van der Waals surface area contributed by atoms with Gasteiger partial charge in [-0.25, -0.2) is 13.4 Å². The van der Waals surface area contributed by atoms with E-state index in [1.165, 1.54) is 24.6 Å². The van der Waals surface area contributed by atoms with Gasteiger partial charge in [-0.05, 0) is 60.9 Å². The molecule has 2 aromatic carbocycles. The van der Waals surface area contributed by atoms with Crippen molar-refractivity contribution in [2.75, 3.05) is 24.9 Å². The van der Waals surface area contributed by atoms with Crippen LogP contribution < -0.4 is 14.9 Å². The second-order valence-corrected chi connectivity index (χ2v) is 8.44. The number of hydrogen-bond acceptors (Lipinski definition) is 5. The topological polar surface area (TPSA) is 87.7 Å². The second kappa shape index (κ2) is 9.58. The molecular weight excluding hydrogens is 390 g/mol. The Morgan fingerprint density at radius 1 is 1.00 bits per heavy atom. The van der Waals surface area contributed by atoms with E-state index in [0.29, 0.717) is 11.4 Å². The fraction of sp³-hybridized carbons (Fsp3) is 0.286. The fourth-order valence-corrected chi connectivity index (χ4v) is 4.06. The number of nitrogens with one attached hydrogen (secondary N) is 2. The first-order chi connectivity index (χ1) is 14.0. The molecule has 0 spiro atoms. The first-order valence-corrected chi connectivity index (χ1v) is 11.0. The average molecular weight is 416 g/mol. The summed E-state index contributed by atoms with van der Waals surface area (Å²) in [6, 6.07) is 13.0. The summed E-state index contributed by atoms with van der Waals surface area (Å²) >= 11 is 0. The minimum absolute atomic E-state index is 0.142. The van der Waals surface area contributed by atoms with Crippen LogP contribution >= 0.6 is 0 Å². The molecule has 0 radical (unpaired) electrons. The second-order valence-electron chi connectivity index (χ2n) is 6.76. The Hall–Kier alpha value is -2.84. The molecule has 2 N–H and O–H groups in total. The van der Waals surface area contributed by atoms with E-state index in [0.717, 1.165) is 31.5 Å². The van der Waals surface area contributed by atoms with E-state index in [1.807, 2.05) is 5.01 Å². The number of hydrazine groups is 1. The van der Waals surface area contributed by atoms with Crippen LogP contribution in [-0.4, -0.2) is 39.5 Å². The maximum atomic E-state index is 12.5. The van der Waals surface area contributed by atoms with E-state index < -0.39 is 10.0 Å². The van der Waals surface area contributed by atoms with Gasteiger partial charge in [-0.3, -0.25) is 14.9 Å². The molecule has 7 nitrogen and oxygen atoms in total.